The summed E-state index contributed by atoms with van der Waals surface area (Å²) in [5, 5.41) is 12.1. The highest BCUT2D eigenvalue weighted by atomic mass is 16.5. The standard InChI is InChI=1S/C14H23N3O4/c18-13(19)12-9-17(7-8-21-12)14(20)15-10-4-6-16-5-2-1-3-11(10)16/h10-12H,1-9H2,(H,15,20)(H,18,19). The van der Waals surface area contributed by atoms with E-state index in [9.17, 15) is 9.59 Å². The maximum absolute atomic E-state index is 12.3. The summed E-state index contributed by atoms with van der Waals surface area (Å²) in [7, 11) is 0. The van der Waals surface area contributed by atoms with E-state index in [4.69, 9.17) is 9.84 Å². The first-order valence-corrected chi connectivity index (χ1v) is 7.79. The molecule has 3 rings (SSSR count). The fourth-order valence-corrected chi connectivity index (χ4v) is 3.65. The van der Waals surface area contributed by atoms with Crippen LogP contribution in [-0.2, 0) is 9.53 Å². The highest BCUT2D eigenvalue weighted by Gasteiger charge is 2.37. The quantitative estimate of drug-likeness (QED) is 0.756. The van der Waals surface area contributed by atoms with Gasteiger partial charge < -0.3 is 20.1 Å². The maximum Gasteiger partial charge on any atom is 0.334 e. The van der Waals surface area contributed by atoms with Gasteiger partial charge in [0.15, 0.2) is 6.10 Å². The summed E-state index contributed by atoms with van der Waals surface area (Å²) in [6.45, 7) is 3.05. The van der Waals surface area contributed by atoms with Gasteiger partial charge in [-0.25, -0.2) is 9.59 Å². The van der Waals surface area contributed by atoms with Gasteiger partial charge in [0.25, 0.3) is 0 Å². The maximum atomic E-state index is 12.3. The van der Waals surface area contributed by atoms with Gasteiger partial charge in [0.05, 0.1) is 13.2 Å². The van der Waals surface area contributed by atoms with E-state index in [1.165, 1.54) is 12.8 Å². The van der Waals surface area contributed by atoms with Gasteiger partial charge in [-0.1, -0.05) is 6.42 Å². The van der Waals surface area contributed by atoms with E-state index in [1.807, 2.05) is 0 Å². The Kier molecular flexibility index (Phi) is 4.30. The number of rotatable bonds is 2. The van der Waals surface area contributed by atoms with E-state index < -0.39 is 12.1 Å². The predicted molar refractivity (Wildman–Crippen MR) is 75.1 cm³/mol. The summed E-state index contributed by atoms with van der Waals surface area (Å²) in [5.41, 5.74) is 0. The summed E-state index contributed by atoms with van der Waals surface area (Å²) in [6, 6.07) is 0.505. The Bertz CT molecular complexity index is 417. The second kappa shape index (κ2) is 6.19. The van der Waals surface area contributed by atoms with Crippen LogP contribution in [0.4, 0.5) is 4.79 Å². The van der Waals surface area contributed by atoms with E-state index in [1.54, 1.807) is 4.90 Å². The fraction of sp³-hybridized carbons (Fsp3) is 0.857. The van der Waals surface area contributed by atoms with Crippen LogP contribution in [0.1, 0.15) is 25.7 Å². The lowest BCUT2D eigenvalue weighted by atomic mass is 9.99. The van der Waals surface area contributed by atoms with E-state index in [0.717, 1.165) is 25.9 Å². The molecule has 21 heavy (non-hydrogen) atoms. The predicted octanol–water partition coefficient (Wildman–Crippen LogP) is 0.108. The average Bonchev–Trinajstić information content (AvgIpc) is 2.91. The number of carboxylic acids is 1. The number of nitrogens with zero attached hydrogens (tertiary/aromatic N) is 2. The van der Waals surface area contributed by atoms with E-state index in [2.05, 4.69) is 10.2 Å². The summed E-state index contributed by atoms with van der Waals surface area (Å²) in [5.74, 6) is -1.01. The number of carboxylic acid groups (broad SMARTS) is 1. The average molecular weight is 297 g/mol. The van der Waals surface area contributed by atoms with Gasteiger partial charge in [0, 0.05) is 25.2 Å². The number of urea groups is 1. The number of hydrogen-bond donors (Lipinski definition) is 2. The molecule has 0 spiro atoms. The summed E-state index contributed by atoms with van der Waals surface area (Å²) < 4.78 is 5.15. The molecule has 0 radical (unpaired) electrons. The summed E-state index contributed by atoms with van der Waals surface area (Å²) >= 11 is 0. The zero-order valence-corrected chi connectivity index (χ0v) is 12.2. The van der Waals surface area contributed by atoms with Crippen molar-refractivity contribution >= 4 is 12.0 Å². The molecular weight excluding hydrogens is 274 g/mol. The van der Waals surface area contributed by atoms with Crippen molar-refractivity contribution in [2.24, 2.45) is 0 Å². The molecule has 0 aliphatic carbocycles. The molecule has 7 heteroatoms. The summed E-state index contributed by atoms with van der Waals surface area (Å²) in [4.78, 5) is 27.3. The van der Waals surface area contributed by atoms with Gasteiger partial charge in [-0.15, -0.1) is 0 Å². The lowest BCUT2D eigenvalue weighted by Crippen LogP contribution is -2.55. The van der Waals surface area contributed by atoms with Crippen LogP contribution < -0.4 is 5.32 Å². The molecule has 3 atom stereocenters. The third kappa shape index (κ3) is 3.13. The van der Waals surface area contributed by atoms with Crippen molar-refractivity contribution in [2.45, 2.75) is 43.9 Å². The van der Waals surface area contributed by atoms with Crippen molar-refractivity contribution in [3.8, 4) is 0 Å². The minimum absolute atomic E-state index is 0.127. The molecule has 0 aromatic rings. The van der Waals surface area contributed by atoms with Gasteiger partial charge in [-0.2, -0.15) is 0 Å². The zero-order valence-electron chi connectivity index (χ0n) is 12.2. The first-order chi connectivity index (χ1) is 10.1. The second-order valence-corrected chi connectivity index (χ2v) is 6.09. The molecule has 7 nitrogen and oxygen atoms in total. The fourth-order valence-electron chi connectivity index (χ4n) is 3.65. The van der Waals surface area contributed by atoms with Crippen molar-refractivity contribution in [1.29, 1.82) is 0 Å². The number of carbonyl (C=O) groups excluding carboxylic acids is 1. The van der Waals surface area contributed by atoms with Gasteiger partial charge in [0.2, 0.25) is 0 Å². The number of aliphatic carboxylic acids is 1. The molecule has 0 saturated carbocycles. The zero-order chi connectivity index (χ0) is 14.8. The van der Waals surface area contributed by atoms with Crippen LogP contribution >= 0.6 is 0 Å². The van der Waals surface area contributed by atoms with E-state index in [-0.39, 0.29) is 25.2 Å². The molecule has 3 saturated heterocycles. The minimum Gasteiger partial charge on any atom is -0.479 e. The molecule has 2 N–H and O–H groups in total. The molecule has 3 fully saturated rings. The minimum atomic E-state index is -1.01. The lowest BCUT2D eigenvalue weighted by Gasteiger charge is -2.35. The normalized spacial score (nSPS) is 33.5. The van der Waals surface area contributed by atoms with Crippen LogP contribution in [-0.4, -0.2) is 77.9 Å². The van der Waals surface area contributed by atoms with Gasteiger partial charge >= 0.3 is 12.0 Å². The molecule has 118 valence electrons. The number of hydrogen-bond acceptors (Lipinski definition) is 4. The van der Waals surface area contributed by atoms with Crippen LogP contribution in [0.2, 0.25) is 0 Å². The molecule has 0 bridgehead atoms. The first-order valence-electron chi connectivity index (χ1n) is 7.79. The van der Waals surface area contributed by atoms with Crippen LogP contribution in [0, 0.1) is 0 Å². The molecule has 2 amide bonds. The highest BCUT2D eigenvalue weighted by molar-refractivity contribution is 5.77. The van der Waals surface area contributed by atoms with Crippen molar-refractivity contribution in [1.82, 2.24) is 15.1 Å². The number of carbonyl (C=O) groups is 2. The number of nitrogens with one attached hydrogen (secondary N) is 1. The number of ether oxygens (including phenoxy) is 1. The SMILES string of the molecule is O=C(O)C1CN(C(=O)NC2CCN3CCCCC23)CCO1. The number of amides is 2. The van der Waals surface area contributed by atoms with Gasteiger partial charge in [-0.3, -0.25) is 4.90 Å². The third-order valence-corrected chi connectivity index (χ3v) is 4.79. The first kappa shape index (κ1) is 14.6. The number of morpholine rings is 1. The summed E-state index contributed by atoms with van der Waals surface area (Å²) in [6.07, 6.45) is 3.71. The smallest absolute Gasteiger partial charge is 0.334 e. The lowest BCUT2D eigenvalue weighted by molar-refractivity contribution is -0.154. The van der Waals surface area contributed by atoms with Crippen LogP contribution in [0.3, 0.4) is 0 Å². The molecule has 3 unspecified atom stereocenters. The monoisotopic (exact) mass is 297 g/mol. The van der Waals surface area contributed by atoms with Crippen molar-refractivity contribution in [2.75, 3.05) is 32.8 Å². The number of fused-ring (bicyclic) bond motifs is 1. The highest BCUT2D eigenvalue weighted by Crippen LogP contribution is 2.27. The van der Waals surface area contributed by atoms with E-state index >= 15 is 0 Å². The van der Waals surface area contributed by atoms with Crippen LogP contribution in [0.5, 0.6) is 0 Å². The Hall–Kier alpha value is -1.34. The van der Waals surface area contributed by atoms with Gasteiger partial charge in [0.1, 0.15) is 0 Å². The molecule has 3 heterocycles. The second-order valence-electron chi connectivity index (χ2n) is 6.09. The molecule has 0 aromatic heterocycles. The van der Waals surface area contributed by atoms with Crippen molar-refractivity contribution in [3.63, 3.8) is 0 Å². The van der Waals surface area contributed by atoms with Gasteiger partial charge in [-0.05, 0) is 25.8 Å². The van der Waals surface area contributed by atoms with Crippen molar-refractivity contribution < 1.29 is 19.4 Å². The van der Waals surface area contributed by atoms with Crippen LogP contribution in [0.25, 0.3) is 0 Å². The largest absolute Gasteiger partial charge is 0.479 e. The molecule has 0 aromatic carbocycles. The Morgan fingerprint density at radius 3 is 2.81 bits per heavy atom. The third-order valence-electron chi connectivity index (χ3n) is 4.79. The Morgan fingerprint density at radius 2 is 2.00 bits per heavy atom. The number of piperidine rings is 1. The Labute approximate surface area is 124 Å². The Morgan fingerprint density at radius 1 is 1.14 bits per heavy atom. The molecular formula is C14H23N3O4. The van der Waals surface area contributed by atoms with Crippen molar-refractivity contribution in [3.05, 3.63) is 0 Å². The molecule has 3 aliphatic rings. The molecule has 3 aliphatic heterocycles. The van der Waals surface area contributed by atoms with E-state index in [0.29, 0.717) is 12.6 Å². The Balaban J connectivity index is 1.55. The topological polar surface area (TPSA) is 82.1 Å². The van der Waals surface area contributed by atoms with Crippen LogP contribution in [0.15, 0.2) is 0 Å².